The van der Waals surface area contributed by atoms with Crippen LogP contribution in [0.25, 0.3) is 10.4 Å². The van der Waals surface area contributed by atoms with Crippen molar-refractivity contribution >= 4 is 39.6 Å². The molecule has 0 amide bonds. The van der Waals surface area contributed by atoms with Gasteiger partial charge in [-0.25, -0.2) is 4.79 Å². The van der Waals surface area contributed by atoms with Crippen LogP contribution in [0, 0.1) is 13.8 Å². The number of benzene rings is 1. The monoisotopic (exact) mass is 428 g/mol. The third-order valence-electron chi connectivity index (χ3n) is 4.60. The van der Waals surface area contributed by atoms with Crippen LogP contribution in [0.4, 0.5) is 5.00 Å². The minimum Gasteiger partial charge on any atom is -0.462 e. The molecule has 2 aromatic heterocycles. The number of aryl methyl sites for hydroxylation is 2. The molecular weight excluding hydrogens is 404 g/mol. The molecule has 2 heterocycles. The molecule has 6 nitrogen and oxygen atoms in total. The molecule has 0 aliphatic carbocycles. The molecule has 0 aliphatic rings. The number of rotatable bonds is 6. The summed E-state index contributed by atoms with van der Waals surface area (Å²) in [6.45, 7) is 6.67. The van der Waals surface area contributed by atoms with Crippen molar-refractivity contribution in [2.45, 2.75) is 27.3 Å². The summed E-state index contributed by atoms with van der Waals surface area (Å²) in [6, 6.07) is 11.8. The van der Waals surface area contributed by atoms with Crippen molar-refractivity contribution in [3.8, 4) is 10.4 Å². The minimum absolute atomic E-state index is 0.317. The van der Waals surface area contributed by atoms with Crippen LogP contribution >= 0.6 is 23.6 Å². The van der Waals surface area contributed by atoms with E-state index in [1.807, 2.05) is 62.0 Å². The predicted octanol–water partition coefficient (Wildman–Crippen LogP) is 4.43. The van der Waals surface area contributed by atoms with Gasteiger partial charge >= 0.3 is 5.97 Å². The lowest BCUT2D eigenvalue weighted by Gasteiger charge is -2.11. The van der Waals surface area contributed by atoms with Gasteiger partial charge in [-0.15, -0.1) is 11.3 Å². The smallest absolute Gasteiger partial charge is 0.341 e. The Bertz CT molecular complexity index is 1020. The minimum atomic E-state index is -0.366. The maximum atomic E-state index is 12.4. The predicted molar refractivity (Wildman–Crippen MR) is 121 cm³/mol. The number of carbonyl (C=O) groups excluding carboxylic acids is 1. The van der Waals surface area contributed by atoms with Gasteiger partial charge in [-0.1, -0.05) is 30.3 Å². The van der Waals surface area contributed by atoms with Crippen molar-refractivity contribution in [3.63, 3.8) is 0 Å². The van der Waals surface area contributed by atoms with Gasteiger partial charge in [0, 0.05) is 29.7 Å². The summed E-state index contributed by atoms with van der Waals surface area (Å²) in [5.41, 5.74) is 4.69. The highest BCUT2D eigenvalue weighted by Crippen LogP contribution is 2.35. The largest absolute Gasteiger partial charge is 0.462 e. The maximum absolute atomic E-state index is 12.4. The highest BCUT2D eigenvalue weighted by atomic mass is 32.1. The Morgan fingerprint density at radius 2 is 2.00 bits per heavy atom. The van der Waals surface area contributed by atoms with Crippen LogP contribution in [-0.4, -0.2) is 27.5 Å². The Morgan fingerprint density at radius 1 is 1.28 bits per heavy atom. The van der Waals surface area contributed by atoms with E-state index < -0.39 is 0 Å². The first kappa shape index (κ1) is 21.0. The Hall–Kier alpha value is -2.71. The number of thiocarbonyl (C=S) groups is 1. The number of nitrogens with one attached hydrogen (secondary N) is 2. The summed E-state index contributed by atoms with van der Waals surface area (Å²) >= 11 is 6.94. The van der Waals surface area contributed by atoms with Crippen molar-refractivity contribution in [2.24, 2.45) is 7.05 Å². The van der Waals surface area contributed by atoms with E-state index in [4.69, 9.17) is 17.0 Å². The lowest BCUT2D eigenvalue weighted by molar-refractivity contribution is 0.0528. The summed E-state index contributed by atoms with van der Waals surface area (Å²) < 4.78 is 7.07. The molecular formula is C21H24N4O2S2. The second-order valence-electron chi connectivity index (χ2n) is 6.52. The molecule has 0 fully saturated rings. The Kier molecular flexibility index (Phi) is 6.66. The summed E-state index contributed by atoms with van der Waals surface area (Å²) in [6.07, 6.45) is 0. The zero-order valence-corrected chi connectivity index (χ0v) is 18.5. The van der Waals surface area contributed by atoms with E-state index in [1.165, 1.54) is 11.3 Å². The summed E-state index contributed by atoms with van der Waals surface area (Å²) in [7, 11) is 1.92. The molecule has 8 heteroatoms. The van der Waals surface area contributed by atoms with Gasteiger partial charge in [0.25, 0.3) is 0 Å². The average molecular weight is 429 g/mol. The zero-order chi connectivity index (χ0) is 21.0. The van der Waals surface area contributed by atoms with Gasteiger partial charge in [0.1, 0.15) is 5.00 Å². The number of ether oxygens (including phenoxy) is 1. The van der Waals surface area contributed by atoms with Crippen LogP contribution in [0.2, 0.25) is 0 Å². The van der Waals surface area contributed by atoms with E-state index in [9.17, 15) is 4.79 Å². The molecule has 3 rings (SSSR count). The molecule has 0 atom stereocenters. The lowest BCUT2D eigenvalue weighted by atomic mass is 10.1. The van der Waals surface area contributed by atoms with Crippen molar-refractivity contribution < 1.29 is 9.53 Å². The van der Waals surface area contributed by atoms with Gasteiger partial charge in [-0.05, 0) is 44.6 Å². The SMILES string of the molecule is CCOC(=O)c1cc(-c2ccccc2)sc1NC(=S)NCc1c(C)nn(C)c1C. The molecule has 0 saturated carbocycles. The second kappa shape index (κ2) is 9.19. The number of thiophene rings is 1. The van der Waals surface area contributed by atoms with E-state index >= 15 is 0 Å². The second-order valence-corrected chi connectivity index (χ2v) is 7.98. The van der Waals surface area contributed by atoms with Gasteiger partial charge in [0.2, 0.25) is 0 Å². The standard InChI is InChI=1S/C21H24N4O2S2/c1-5-27-20(26)16-11-18(15-9-7-6-8-10-15)29-19(16)23-21(28)22-12-17-13(2)24-25(4)14(17)3/h6-11H,5,12H2,1-4H3,(H2,22,23,28). The summed E-state index contributed by atoms with van der Waals surface area (Å²) in [5, 5.41) is 11.9. The molecule has 0 unspecified atom stereocenters. The third-order valence-corrected chi connectivity index (χ3v) is 5.94. The Balaban J connectivity index is 1.78. The molecule has 0 aliphatic heterocycles. The third kappa shape index (κ3) is 4.83. The quantitative estimate of drug-likeness (QED) is 0.447. The van der Waals surface area contributed by atoms with Gasteiger partial charge in [-0.3, -0.25) is 4.68 Å². The molecule has 0 spiro atoms. The molecule has 3 aromatic rings. The zero-order valence-electron chi connectivity index (χ0n) is 16.9. The van der Waals surface area contributed by atoms with Crippen molar-refractivity contribution in [2.75, 3.05) is 11.9 Å². The van der Waals surface area contributed by atoms with Gasteiger partial charge in [-0.2, -0.15) is 5.10 Å². The number of esters is 1. The number of hydrogen-bond acceptors (Lipinski definition) is 5. The molecule has 1 aromatic carbocycles. The van der Waals surface area contributed by atoms with Crippen LogP contribution in [0.5, 0.6) is 0 Å². The average Bonchev–Trinajstić information content (AvgIpc) is 3.22. The first-order valence-corrected chi connectivity index (χ1v) is 10.5. The number of hydrogen-bond donors (Lipinski definition) is 2. The number of aromatic nitrogens is 2. The van der Waals surface area contributed by atoms with Crippen LogP contribution in [0.15, 0.2) is 36.4 Å². The fourth-order valence-corrected chi connectivity index (χ4v) is 4.27. The topological polar surface area (TPSA) is 68.2 Å². The van der Waals surface area contributed by atoms with Gasteiger partial charge in [0.15, 0.2) is 5.11 Å². The lowest BCUT2D eigenvalue weighted by Crippen LogP contribution is -2.28. The highest BCUT2D eigenvalue weighted by molar-refractivity contribution is 7.80. The molecule has 29 heavy (non-hydrogen) atoms. The van der Waals surface area contributed by atoms with E-state index in [-0.39, 0.29) is 5.97 Å². The maximum Gasteiger partial charge on any atom is 0.341 e. The van der Waals surface area contributed by atoms with Gasteiger partial charge < -0.3 is 15.4 Å². The van der Waals surface area contributed by atoms with Crippen LogP contribution < -0.4 is 10.6 Å². The van der Waals surface area contributed by atoms with Gasteiger partial charge in [0.05, 0.1) is 17.9 Å². The Labute approximate surface area is 179 Å². The fraction of sp³-hybridized carbons (Fsp3) is 0.286. The van der Waals surface area contributed by atoms with Crippen molar-refractivity contribution in [3.05, 3.63) is 58.9 Å². The fourth-order valence-electron chi connectivity index (χ4n) is 2.98. The molecule has 0 bridgehead atoms. The van der Waals surface area contributed by atoms with Crippen LogP contribution in [-0.2, 0) is 18.3 Å². The normalized spacial score (nSPS) is 10.6. The van der Waals surface area contributed by atoms with Crippen molar-refractivity contribution in [1.82, 2.24) is 15.1 Å². The molecule has 2 N–H and O–H groups in total. The first-order valence-electron chi connectivity index (χ1n) is 9.31. The molecule has 0 radical (unpaired) electrons. The van der Waals surface area contributed by atoms with E-state index in [2.05, 4.69) is 15.7 Å². The highest BCUT2D eigenvalue weighted by Gasteiger charge is 2.19. The molecule has 0 saturated heterocycles. The molecule has 152 valence electrons. The van der Waals surface area contributed by atoms with Crippen molar-refractivity contribution in [1.29, 1.82) is 0 Å². The number of anilines is 1. The van der Waals surface area contributed by atoms with E-state index in [1.54, 1.807) is 6.92 Å². The number of nitrogens with zero attached hydrogens (tertiary/aromatic N) is 2. The summed E-state index contributed by atoms with van der Waals surface area (Å²) in [4.78, 5) is 13.4. The van der Waals surface area contributed by atoms with Crippen LogP contribution in [0.1, 0.15) is 34.2 Å². The van der Waals surface area contributed by atoms with E-state index in [0.717, 1.165) is 27.4 Å². The number of carbonyl (C=O) groups is 1. The van der Waals surface area contributed by atoms with Crippen LogP contribution in [0.3, 0.4) is 0 Å². The van der Waals surface area contributed by atoms with E-state index in [0.29, 0.717) is 28.8 Å². The Morgan fingerprint density at radius 3 is 2.62 bits per heavy atom. The first-order chi connectivity index (χ1) is 13.9. The summed E-state index contributed by atoms with van der Waals surface area (Å²) in [5.74, 6) is -0.366.